The van der Waals surface area contributed by atoms with Gasteiger partial charge in [-0.25, -0.2) is 0 Å². The molecule has 2 N–H and O–H groups in total. The molecule has 0 saturated carbocycles. The van der Waals surface area contributed by atoms with Crippen LogP contribution in [-0.2, 0) is 15.1 Å². The summed E-state index contributed by atoms with van der Waals surface area (Å²) in [5.74, 6) is -0.805. The SMILES string of the molecule is O=C(O)[C@H]1CCCNC1.c1ccc(C2(c3ccccn3)CO2)cc1. The van der Waals surface area contributed by atoms with E-state index in [1.807, 2.05) is 42.6 Å². The Morgan fingerprint density at radius 3 is 2.46 bits per heavy atom. The van der Waals surface area contributed by atoms with E-state index in [2.05, 4.69) is 22.4 Å². The van der Waals surface area contributed by atoms with Crippen molar-refractivity contribution in [1.82, 2.24) is 10.3 Å². The van der Waals surface area contributed by atoms with E-state index in [-0.39, 0.29) is 11.5 Å². The van der Waals surface area contributed by atoms with E-state index in [1.165, 1.54) is 5.56 Å². The van der Waals surface area contributed by atoms with Crippen molar-refractivity contribution in [1.29, 1.82) is 0 Å². The van der Waals surface area contributed by atoms with Gasteiger partial charge < -0.3 is 15.2 Å². The Morgan fingerprint density at radius 2 is 1.96 bits per heavy atom. The predicted octanol–water partition coefficient (Wildman–Crippen LogP) is 2.43. The van der Waals surface area contributed by atoms with Crippen LogP contribution < -0.4 is 5.32 Å². The molecule has 24 heavy (non-hydrogen) atoms. The maximum absolute atomic E-state index is 10.3. The highest BCUT2D eigenvalue weighted by Crippen LogP contribution is 2.43. The van der Waals surface area contributed by atoms with Crippen molar-refractivity contribution in [2.45, 2.75) is 18.4 Å². The van der Waals surface area contributed by atoms with Crippen molar-refractivity contribution in [2.75, 3.05) is 19.7 Å². The highest BCUT2D eigenvalue weighted by Gasteiger charge is 2.49. The fourth-order valence-corrected chi connectivity index (χ4v) is 2.91. The topological polar surface area (TPSA) is 74.8 Å². The average Bonchev–Trinajstić information content (AvgIpc) is 3.47. The quantitative estimate of drug-likeness (QED) is 0.847. The maximum atomic E-state index is 10.3. The number of rotatable bonds is 3. The number of epoxide rings is 1. The van der Waals surface area contributed by atoms with Gasteiger partial charge in [-0.3, -0.25) is 9.78 Å². The Bertz CT molecular complexity index is 609. The van der Waals surface area contributed by atoms with Crippen molar-refractivity contribution in [2.24, 2.45) is 5.92 Å². The number of pyridine rings is 1. The number of carbonyl (C=O) groups is 1. The first-order chi connectivity index (χ1) is 11.7. The smallest absolute Gasteiger partial charge is 0.307 e. The summed E-state index contributed by atoms with van der Waals surface area (Å²) in [4.78, 5) is 14.7. The van der Waals surface area contributed by atoms with Crippen LogP contribution in [0.25, 0.3) is 0 Å². The van der Waals surface area contributed by atoms with Crippen LogP contribution in [0.4, 0.5) is 0 Å². The minimum Gasteiger partial charge on any atom is -0.481 e. The number of carboxylic acids is 1. The molecule has 2 aliphatic rings. The van der Waals surface area contributed by atoms with Gasteiger partial charge in [0.15, 0.2) is 5.60 Å². The number of nitrogens with zero attached hydrogens (tertiary/aromatic N) is 1. The third-order valence-corrected chi connectivity index (χ3v) is 4.40. The van der Waals surface area contributed by atoms with Gasteiger partial charge in [-0.05, 0) is 37.1 Å². The van der Waals surface area contributed by atoms with E-state index in [0.717, 1.165) is 31.7 Å². The van der Waals surface area contributed by atoms with Crippen LogP contribution in [-0.4, -0.2) is 35.8 Å². The monoisotopic (exact) mass is 326 g/mol. The first-order valence-corrected chi connectivity index (χ1v) is 8.27. The van der Waals surface area contributed by atoms with E-state index >= 15 is 0 Å². The molecule has 2 aliphatic heterocycles. The predicted molar refractivity (Wildman–Crippen MR) is 90.6 cm³/mol. The molecule has 0 spiro atoms. The lowest BCUT2D eigenvalue weighted by Crippen LogP contribution is -2.34. The van der Waals surface area contributed by atoms with E-state index in [0.29, 0.717) is 6.54 Å². The van der Waals surface area contributed by atoms with Crippen LogP contribution in [0.5, 0.6) is 0 Å². The Labute approximate surface area is 141 Å². The second-order valence-corrected chi connectivity index (χ2v) is 6.08. The molecule has 126 valence electrons. The molecule has 1 aromatic heterocycles. The standard InChI is InChI=1S/C13H11NO.C6H11NO2/c1-2-6-11(7-3-1)13(10-15-13)12-8-4-5-9-14-12;8-6(9)5-2-1-3-7-4-5/h1-9H,10H2;5,7H,1-4H2,(H,8,9)/t;5-/m.0/s1. The van der Waals surface area contributed by atoms with Crippen molar-refractivity contribution in [3.05, 3.63) is 66.0 Å². The largest absolute Gasteiger partial charge is 0.481 e. The number of hydrogen-bond acceptors (Lipinski definition) is 4. The number of hydrogen-bond donors (Lipinski definition) is 2. The van der Waals surface area contributed by atoms with Gasteiger partial charge in [0.05, 0.1) is 18.2 Å². The molecule has 1 unspecified atom stereocenters. The Kier molecular flexibility index (Phi) is 5.23. The molecule has 1 aromatic carbocycles. The van der Waals surface area contributed by atoms with Gasteiger partial charge >= 0.3 is 5.97 Å². The zero-order valence-corrected chi connectivity index (χ0v) is 13.5. The number of piperidine rings is 1. The van der Waals surface area contributed by atoms with Crippen LogP contribution in [0, 0.1) is 5.92 Å². The maximum Gasteiger partial charge on any atom is 0.307 e. The van der Waals surface area contributed by atoms with Gasteiger partial charge in [-0.1, -0.05) is 36.4 Å². The summed E-state index contributed by atoms with van der Waals surface area (Å²) in [5.41, 5.74) is 1.91. The zero-order valence-electron chi connectivity index (χ0n) is 13.5. The number of ether oxygens (including phenoxy) is 1. The van der Waals surface area contributed by atoms with E-state index in [9.17, 15) is 4.79 Å². The fourth-order valence-electron chi connectivity index (χ4n) is 2.91. The molecule has 0 amide bonds. The number of nitrogens with one attached hydrogen (secondary N) is 1. The molecule has 2 saturated heterocycles. The van der Waals surface area contributed by atoms with Gasteiger partial charge in [0, 0.05) is 12.7 Å². The van der Waals surface area contributed by atoms with E-state index < -0.39 is 5.97 Å². The molecule has 0 bridgehead atoms. The number of benzene rings is 1. The third-order valence-electron chi connectivity index (χ3n) is 4.40. The van der Waals surface area contributed by atoms with E-state index in [1.54, 1.807) is 0 Å². The van der Waals surface area contributed by atoms with Gasteiger partial charge in [-0.2, -0.15) is 0 Å². The van der Waals surface area contributed by atoms with Gasteiger partial charge in [0.25, 0.3) is 0 Å². The molecule has 3 heterocycles. The Balaban J connectivity index is 0.000000162. The van der Waals surface area contributed by atoms with Crippen molar-refractivity contribution in [3.63, 3.8) is 0 Å². The summed E-state index contributed by atoms with van der Waals surface area (Å²) < 4.78 is 5.61. The molecule has 4 rings (SSSR count). The molecular formula is C19H22N2O3. The lowest BCUT2D eigenvalue weighted by molar-refractivity contribution is -0.142. The molecular weight excluding hydrogens is 304 g/mol. The first-order valence-electron chi connectivity index (χ1n) is 8.27. The lowest BCUT2D eigenvalue weighted by Gasteiger charge is -2.18. The number of carboxylic acid groups (broad SMARTS) is 1. The second-order valence-electron chi connectivity index (χ2n) is 6.08. The molecule has 5 heteroatoms. The first kappa shape index (κ1) is 16.6. The van der Waals surface area contributed by atoms with Gasteiger partial charge in [-0.15, -0.1) is 0 Å². The highest BCUT2D eigenvalue weighted by atomic mass is 16.6. The number of aromatic nitrogens is 1. The minimum atomic E-state index is -0.665. The van der Waals surface area contributed by atoms with Crippen molar-refractivity contribution >= 4 is 5.97 Å². The minimum absolute atomic E-state index is 0.140. The summed E-state index contributed by atoms with van der Waals surface area (Å²) in [7, 11) is 0. The average molecular weight is 326 g/mol. The van der Waals surface area contributed by atoms with Crippen LogP contribution in [0.3, 0.4) is 0 Å². The lowest BCUT2D eigenvalue weighted by atomic mass is 9.96. The normalized spacial score (nSPS) is 25.2. The van der Waals surface area contributed by atoms with Crippen molar-refractivity contribution in [3.8, 4) is 0 Å². The summed E-state index contributed by atoms with van der Waals surface area (Å²) >= 11 is 0. The molecule has 2 aromatic rings. The van der Waals surface area contributed by atoms with Crippen molar-refractivity contribution < 1.29 is 14.6 Å². The zero-order chi connectivity index (χ0) is 16.8. The summed E-state index contributed by atoms with van der Waals surface area (Å²) in [6, 6.07) is 16.2. The fraction of sp³-hybridized carbons (Fsp3) is 0.368. The Hall–Kier alpha value is -2.24. The molecule has 0 radical (unpaired) electrons. The van der Waals surface area contributed by atoms with E-state index in [4.69, 9.17) is 9.84 Å². The van der Waals surface area contributed by atoms with Gasteiger partial charge in [0.1, 0.15) is 0 Å². The molecule has 2 atom stereocenters. The third kappa shape index (κ3) is 3.80. The summed E-state index contributed by atoms with van der Waals surface area (Å²) in [6.45, 7) is 2.35. The van der Waals surface area contributed by atoms with Crippen LogP contribution in [0.1, 0.15) is 24.1 Å². The highest BCUT2D eigenvalue weighted by molar-refractivity contribution is 5.70. The van der Waals surface area contributed by atoms with Gasteiger partial charge in [0.2, 0.25) is 0 Å². The second kappa shape index (κ2) is 7.55. The summed E-state index contributed by atoms with van der Waals surface area (Å²) in [6.07, 6.45) is 3.64. The summed E-state index contributed by atoms with van der Waals surface area (Å²) in [5, 5.41) is 11.5. The van der Waals surface area contributed by atoms with Crippen LogP contribution >= 0.6 is 0 Å². The Morgan fingerprint density at radius 1 is 1.21 bits per heavy atom. The molecule has 2 fully saturated rings. The van der Waals surface area contributed by atoms with Crippen LogP contribution in [0.2, 0.25) is 0 Å². The number of aliphatic carboxylic acids is 1. The van der Waals surface area contributed by atoms with Crippen LogP contribution in [0.15, 0.2) is 54.7 Å². The molecule has 5 nitrogen and oxygen atoms in total. The molecule has 0 aliphatic carbocycles.